The molecule has 0 aliphatic heterocycles. The number of hydrogen-bond donors (Lipinski definition) is 2. The van der Waals surface area contributed by atoms with Crippen molar-refractivity contribution in [1.82, 2.24) is 4.90 Å². The summed E-state index contributed by atoms with van der Waals surface area (Å²) in [5, 5.41) is 8.99. The van der Waals surface area contributed by atoms with E-state index in [-0.39, 0.29) is 5.54 Å². The standard InChI is InChI=1S/C10H22N2O2/c1-8(7-11)5-6-12(9(13)14)10(2,3)4/h8H,5-7,11H2,1-4H3,(H,13,14). The van der Waals surface area contributed by atoms with E-state index in [0.717, 1.165) is 6.42 Å². The summed E-state index contributed by atoms with van der Waals surface area (Å²) in [7, 11) is 0. The van der Waals surface area contributed by atoms with E-state index in [1.165, 1.54) is 4.90 Å². The van der Waals surface area contributed by atoms with Crippen LogP contribution in [0, 0.1) is 5.92 Å². The van der Waals surface area contributed by atoms with Gasteiger partial charge in [0.15, 0.2) is 0 Å². The van der Waals surface area contributed by atoms with Crippen LogP contribution in [0.2, 0.25) is 0 Å². The largest absolute Gasteiger partial charge is 0.465 e. The normalized spacial score (nSPS) is 13.8. The lowest BCUT2D eigenvalue weighted by molar-refractivity contribution is 0.0968. The number of nitrogens with zero attached hydrogens (tertiary/aromatic N) is 1. The van der Waals surface area contributed by atoms with E-state index in [0.29, 0.717) is 19.0 Å². The number of hydrogen-bond acceptors (Lipinski definition) is 2. The highest BCUT2D eigenvalue weighted by molar-refractivity contribution is 5.65. The fourth-order valence-electron chi connectivity index (χ4n) is 1.19. The summed E-state index contributed by atoms with van der Waals surface area (Å²) in [5.41, 5.74) is 5.14. The average Bonchev–Trinajstić information content (AvgIpc) is 2.01. The molecule has 0 spiro atoms. The SMILES string of the molecule is CC(CN)CCN(C(=O)O)C(C)(C)C. The molecule has 0 aliphatic carbocycles. The minimum Gasteiger partial charge on any atom is -0.465 e. The van der Waals surface area contributed by atoms with E-state index < -0.39 is 6.09 Å². The van der Waals surface area contributed by atoms with Crippen molar-refractivity contribution >= 4 is 6.09 Å². The van der Waals surface area contributed by atoms with Gasteiger partial charge in [-0.1, -0.05) is 6.92 Å². The van der Waals surface area contributed by atoms with Gasteiger partial charge in [-0.25, -0.2) is 4.79 Å². The summed E-state index contributed by atoms with van der Waals surface area (Å²) in [4.78, 5) is 12.4. The Hall–Kier alpha value is -0.770. The molecular formula is C10H22N2O2. The zero-order chi connectivity index (χ0) is 11.4. The van der Waals surface area contributed by atoms with Crippen LogP contribution in [0.25, 0.3) is 0 Å². The Morgan fingerprint density at radius 3 is 2.29 bits per heavy atom. The Morgan fingerprint density at radius 2 is 2.00 bits per heavy atom. The molecule has 1 unspecified atom stereocenters. The molecule has 1 amide bonds. The van der Waals surface area contributed by atoms with Crippen molar-refractivity contribution in [2.75, 3.05) is 13.1 Å². The number of amides is 1. The maximum Gasteiger partial charge on any atom is 0.407 e. The Bertz CT molecular complexity index is 187. The topological polar surface area (TPSA) is 66.6 Å². The number of carbonyl (C=O) groups is 1. The molecule has 4 heteroatoms. The summed E-state index contributed by atoms with van der Waals surface area (Å²) in [6, 6.07) is 0. The second kappa shape index (κ2) is 5.20. The van der Waals surface area contributed by atoms with Crippen LogP contribution in [0.5, 0.6) is 0 Å². The second-order valence-corrected chi connectivity index (χ2v) is 4.73. The first-order valence-corrected chi connectivity index (χ1v) is 4.99. The average molecular weight is 202 g/mol. The highest BCUT2D eigenvalue weighted by atomic mass is 16.4. The zero-order valence-electron chi connectivity index (χ0n) is 9.58. The van der Waals surface area contributed by atoms with Gasteiger partial charge in [0.1, 0.15) is 0 Å². The maximum absolute atomic E-state index is 10.9. The molecule has 14 heavy (non-hydrogen) atoms. The molecule has 0 aromatic carbocycles. The molecule has 0 aromatic heterocycles. The molecule has 0 saturated heterocycles. The predicted molar refractivity (Wildman–Crippen MR) is 57.3 cm³/mol. The number of nitrogens with two attached hydrogens (primary N) is 1. The van der Waals surface area contributed by atoms with E-state index in [1.54, 1.807) is 0 Å². The summed E-state index contributed by atoms with van der Waals surface area (Å²) in [6.07, 6.45) is -0.0400. The van der Waals surface area contributed by atoms with E-state index in [2.05, 4.69) is 0 Å². The van der Waals surface area contributed by atoms with Crippen molar-refractivity contribution in [1.29, 1.82) is 0 Å². The number of rotatable bonds is 4. The van der Waals surface area contributed by atoms with Crippen LogP contribution in [0.4, 0.5) is 4.79 Å². The van der Waals surface area contributed by atoms with Crippen molar-refractivity contribution in [3.05, 3.63) is 0 Å². The Kier molecular flexibility index (Phi) is 4.91. The van der Waals surface area contributed by atoms with Crippen LogP contribution in [0.3, 0.4) is 0 Å². The molecular weight excluding hydrogens is 180 g/mol. The van der Waals surface area contributed by atoms with Crippen LogP contribution in [0.15, 0.2) is 0 Å². The Balaban J connectivity index is 4.19. The van der Waals surface area contributed by atoms with Gasteiger partial charge >= 0.3 is 6.09 Å². The van der Waals surface area contributed by atoms with Crippen LogP contribution < -0.4 is 5.73 Å². The molecule has 0 fully saturated rings. The highest BCUT2D eigenvalue weighted by Gasteiger charge is 2.25. The van der Waals surface area contributed by atoms with Crippen molar-refractivity contribution < 1.29 is 9.90 Å². The molecule has 0 heterocycles. The molecule has 84 valence electrons. The van der Waals surface area contributed by atoms with E-state index in [9.17, 15) is 4.79 Å². The Labute approximate surface area is 86.1 Å². The van der Waals surface area contributed by atoms with Crippen LogP contribution >= 0.6 is 0 Å². The van der Waals surface area contributed by atoms with E-state index in [4.69, 9.17) is 10.8 Å². The van der Waals surface area contributed by atoms with Gasteiger partial charge in [0, 0.05) is 12.1 Å². The molecule has 1 atom stereocenters. The highest BCUT2D eigenvalue weighted by Crippen LogP contribution is 2.15. The summed E-state index contributed by atoms with van der Waals surface area (Å²) >= 11 is 0. The van der Waals surface area contributed by atoms with Crippen LogP contribution in [-0.4, -0.2) is 34.7 Å². The number of carboxylic acid groups (broad SMARTS) is 1. The fraction of sp³-hybridized carbons (Fsp3) is 0.900. The first-order chi connectivity index (χ1) is 6.29. The lowest BCUT2D eigenvalue weighted by Crippen LogP contribution is -2.45. The zero-order valence-corrected chi connectivity index (χ0v) is 9.58. The van der Waals surface area contributed by atoms with Gasteiger partial charge in [-0.2, -0.15) is 0 Å². The third kappa shape index (κ3) is 4.46. The predicted octanol–water partition coefficient (Wildman–Crippen LogP) is 1.75. The Morgan fingerprint density at radius 1 is 1.50 bits per heavy atom. The quantitative estimate of drug-likeness (QED) is 0.729. The fourth-order valence-corrected chi connectivity index (χ4v) is 1.19. The van der Waals surface area contributed by atoms with Gasteiger partial charge in [-0.05, 0) is 39.7 Å². The minimum absolute atomic E-state index is 0.333. The monoisotopic (exact) mass is 202 g/mol. The van der Waals surface area contributed by atoms with Crippen molar-refractivity contribution in [2.45, 2.75) is 39.7 Å². The van der Waals surface area contributed by atoms with Crippen LogP contribution in [-0.2, 0) is 0 Å². The smallest absolute Gasteiger partial charge is 0.407 e. The molecule has 0 rings (SSSR count). The third-order valence-electron chi connectivity index (χ3n) is 2.29. The summed E-state index contributed by atoms with van der Waals surface area (Å²) in [5.74, 6) is 0.374. The van der Waals surface area contributed by atoms with Crippen molar-refractivity contribution in [3.8, 4) is 0 Å². The first-order valence-electron chi connectivity index (χ1n) is 4.99. The van der Waals surface area contributed by atoms with Gasteiger partial charge in [-0.3, -0.25) is 0 Å². The molecule has 0 aliphatic rings. The van der Waals surface area contributed by atoms with Gasteiger partial charge in [0.05, 0.1) is 0 Å². The van der Waals surface area contributed by atoms with Crippen LogP contribution in [0.1, 0.15) is 34.1 Å². The van der Waals surface area contributed by atoms with Crippen molar-refractivity contribution in [2.24, 2.45) is 11.7 Å². The van der Waals surface area contributed by atoms with E-state index >= 15 is 0 Å². The second-order valence-electron chi connectivity index (χ2n) is 4.73. The van der Waals surface area contributed by atoms with Gasteiger partial charge in [0.25, 0.3) is 0 Å². The lowest BCUT2D eigenvalue weighted by atomic mass is 10.0. The summed E-state index contributed by atoms with van der Waals surface area (Å²) < 4.78 is 0. The van der Waals surface area contributed by atoms with Gasteiger partial charge in [0.2, 0.25) is 0 Å². The minimum atomic E-state index is -0.860. The maximum atomic E-state index is 10.9. The molecule has 3 N–H and O–H groups in total. The first kappa shape index (κ1) is 13.2. The summed E-state index contributed by atoms with van der Waals surface area (Å²) in [6.45, 7) is 8.88. The molecule has 0 aromatic rings. The van der Waals surface area contributed by atoms with E-state index in [1.807, 2.05) is 27.7 Å². The van der Waals surface area contributed by atoms with Gasteiger partial charge in [-0.15, -0.1) is 0 Å². The molecule has 0 radical (unpaired) electrons. The lowest BCUT2D eigenvalue weighted by Gasteiger charge is -2.33. The molecule has 0 bridgehead atoms. The molecule has 0 saturated carbocycles. The third-order valence-corrected chi connectivity index (χ3v) is 2.29. The molecule has 4 nitrogen and oxygen atoms in total. The van der Waals surface area contributed by atoms with Crippen molar-refractivity contribution in [3.63, 3.8) is 0 Å². The van der Waals surface area contributed by atoms with Gasteiger partial charge < -0.3 is 15.7 Å².